The van der Waals surface area contributed by atoms with E-state index in [0.717, 1.165) is 0 Å². The van der Waals surface area contributed by atoms with Gasteiger partial charge in [0.05, 0.1) is 29.3 Å². The third-order valence-electron chi connectivity index (χ3n) is 5.74. The lowest BCUT2D eigenvalue weighted by Gasteiger charge is -2.47. The van der Waals surface area contributed by atoms with Crippen molar-refractivity contribution in [1.82, 2.24) is 4.90 Å². The van der Waals surface area contributed by atoms with Crippen molar-refractivity contribution >= 4 is 35.1 Å². The third kappa shape index (κ3) is 8.50. The van der Waals surface area contributed by atoms with Crippen LogP contribution in [0.1, 0.15) is 41.0 Å². The Morgan fingerprint density at radius 2 is 1.82 bits per heavy atom. The van der Waals surface area contributed by atoms with E-state index in [0.29, 0.717) is 5.69 Å². The standard InChI is InChI=1S/C19H27ClFN3O4.C4H9NO/c1-11(18(27)28)6-16(25)14(22)8-23-9-17(26)24(10-19(23,2)3)15-7-12(21)4-5-13(15)20;1-3(2)4(5)6/h4-5,7,11,14,16,25H,6,8-10,22H2,1-3H3,(H,27,28);3H,1-2H3,(H2,5,6). The number of carbonyl (C=O) groups excluding carboxylic acids is 2. The third-order valence-corrected chi connectivity index (χ3v) is 6.06. The molecule has 9 nitrogen and oxygen atoms in total. The lowest BCUT2D eigenvalue weighted by Crippen LogP contribution is -2.64. The van der Waals surface area contributed by atoms with Gasteiger partial charge in [-0.3, -0.25) is 19.3 Å². The van der Waals surface area contributed by atoms with Gasteiger partial charge >= 0.3 is 5.97 Å². The zero-order chi connectivity index (χ0) is 26.4. The predicted molar refractivity (Wildman–Crippen MR) is 129 cm³/mol. The van der Waals surface area contributed by atoms with Gasteiger partial charge in [0.2, 0.25) is 11.8 Å². The zero-order valence-electron chi connectivity index (χ0n) is 20.3. The van der Waals surface area contributed by atoms with Gasteiger partial charge in [-0.15, -0.1) is 0 Å². The van der Waals surface area contributed by atoms with Gasteiger partial charge in [-0.1, -0.05) is 32.4 Å². The second-order valence-corrected chi connectivity index (χ2v) is 9.94. The largest absolute Gasteiger partial charge is 0.481 e. The van der Waals surface area contributed by atoms with Crippen LogP contribution in [0.15, 0.2) is 18.2 Å². The number of hydrogen-bond acceptors (Lipinski definition) is 6. The molecule has 0 aromatic heterocycles. The lowest BCUT2D eigenvalue weighted by molar-refractivity contribution is -0.142. The topological polar surface area (TPSA) is 150 Å². The molecule has 1 aliphatic heterocycles. The predicted octanol–water partition coefficient (Wildman–Crippen LogP) is 1.83. The van der Waals surface area contributed by atoms with E-state index >= 15 is 0 Å². The molecule has 11 heteroatoms. The molecule has 3 unspecified atom stereocenters. The molecule has 34 heavy (non-hydrogen) atoms. The molecular weight excluding hydrogens is 467 g/mol. The van der Waals surface area contributed by atoms with Crippen LogP contribution in [0.4, 0.5) is 10.1 Å². The molecule has 0 saturated carbocycles. The van der Waals surface area contributed by atoms with Crippen LogP contribution in [-0.4, -0.2) is 70.2 Å². The summed E-state index contributed by atoms with van der Waals surface area (Å²) < 4.78 is 13.6. The van der Waals surface area contributed by atoms with E-state index in [1.54, 1.807) is 13.8 Å². The summed E-state index contributed by atoms with van der Waals surface area (Å²) in [4.78, 5) is 36.9. The quantitative estimate of drug-likeness (QED) is 0.423. The van der Waals surface area contributed by atoms with E-state index in [2.05, 4.69) is 0 Å². The number of aliphatic carboxylic acids is 1. The molecular formula is C23H36ClFN4O5. The molecule has 192 valence electrons. The van der Waals surface area contributed by atoms with Gasteiger partial charge in [-0.05, 0) is 38.5 Å². The number of aliphatic hydroxyl groups excluding tert-OH is 1. The first kappa shape index (κ1) is 29.8. The number of nitrogens with zero attached hydrogens (tertiary/aromatic N) is 2. The highest BCUT2D eigenvalue weighted by molar-refractivity contribution is 6.33. The number of halogens is 2. The van der Waals surface area contributed by atoms with Crippen LogP contribution in [0, 0.1) is 17.7 Å². The molecule has 0 aliphatic carbocycles. The summed E-state index contributed by atoms with van der Waals surface area (Å²) in [6.45, 7) is 9.38. The van der Waals surface area contributed by atoms with E-state index in [4.69, 9.17) is 28.2 Å². The number of piperazine rings is 1. The van der Waals surface area contributed by atoms with Gasteiger partial charge in [0, 0.05) is 30.6 Å². The molecule has 3 atom stereocenters. The molecule has 6 N–H and O–H groups in total. The lowest BCUT2D eigenvalue weighted by atomic mass is 9.94. The number of carbonyl (C=O) groups is 3. The molecule has 1 aromatic rings. The Kier molecular flexibility index (Phi) is 10.9. The summed E-state index contributed by atoms with van der Waals surface area (Å²) in [6.07, 6.45) is -0.975. The molecule has 1 aliphatic rings. The monoisotopic (exact) mass is 502 g/mol. The van der Waals surface area contributed by atoms with Crippen LogP contribution in [0.5, 0.6) is 0 Å². The minimum Gasteiger partial charge on any atom is -0.481 e. The highest BCUT2D eigenvalue weighted by atomic mass is 35.5. The van der Waals surface area contributed by atoms with Crippen molar-refractivity contribution in [3.63, 3.8) is 0 Å². The van der Waals surface area contributed by atoms with E-state index < -0.39 is 35.4 Å². The van der Waals surface area contributed by atoms with Crippen molar-refractivity contribution in [3.8, 4) is 0 Å². The van der Waals surface area contributed by atoms with Gasteiger partial charge < -0.3 is 26.6 Å². The second kappa shape index (κ2) is 12.4. The van der Waals surface area contributed by atoms with Crippen molar-refractivity contribution in [2.24, 2.45) is 23.3 Å². The number of anilines is 1. The Morgan fingerprint density at radius 1 is 1.26 bits per heavy atom. The van der Waals surface area contributed by atoms with Crippen molar-refractivity contribution < 1.29 is 29.0 Å². The highest BCUT2D eigenvalue weighted by Gasteiger charge is 2.40. The summed E-state index contributed by atoms with van der Waals surface area (Å²) in [5.74, 6) is -2.71. The molecule has 0 bridgehead atoms. The van der Waals surface area contributed by atoms with Crippen LogP contribution < -0.4 is 16.4 Å². The number of carboxylic acid groups (broad SMARTS) is 1. The fourth-order valence-electron chi connectivity index (χ4n) is 3.28. The summed E-state index contributed by atoms with van der Waals surface area (Å²) in [5, 5.41) is 19.5. The van der Waals surface area contributed by atoms with Crippen molar-refractivity contribution in [3.05, 3.63) is 29.0 Å². The Balaban J connectivity index is 0.000000852. The van der Waals surface area contributed by atoms with Gasteiger partial charge in [-0.25, -0.2) is 4.39 Å². The maximum atomic E-state index is 13.6. The number of carboxylic acids is 1. The van der Waals surface area contributed by atoms with Crippen LogP contribution in [0.3, 0.4) is 0 Å². The molecule has 1 heterocycles. The highest BCUT2D eigenvalue weighted by Crippen LogP contribution is 2.32. The minimum atomic E-state index is -1.01. The normalized spacial score (nSPS) is 18.6. The zero-order valence-corrected chi connectivity index (χ0v) is 21.1. The van der Waals surface area contributed by atoms with Gasteiger partial charge in [0.15, 0.2) is 0 Å². The minimum absolute atomic E-state index is 0.00926. The Morgan fingerprint density at radius 3 is 2.32 bits per heavy atom. The summed E-state index contributed by atoms with van der Waals surface area (Å²) in [7, 11) is 0. The number of hydrogen-bond donors (Lipinski definition) is 4. The van der Waals surface area contributed by atoms with Crippen LogP contribution in [0.2, 0.25) is 5.02 Å². The van der Waals surface area contributed by atoms with E-state index in [9.17, 15) is 23.9 Å². The molecule has 1 fully saturated rings. The smallest absolute Gasteiger partial charge is 0.306 e. The molecule has 1 aromatic carbocycles. The fourth-order valence-corrected chi connectivity index (χ4v) is 3.50. The Labute approximate surface area is 204 Å². The first-order valence-electron chi connectivity index (χ1n) is 11.0. The van der Waals surface area contributed by atoms with Crippen molar-refractivity contribution in [1.29, 1.82) is 0 Å². The summed E-state index contributed by atoms with van der Waals surface area (Å²) in [6, 6.07) is 3.16. The van der Waals surface area contributed by atoms with Crippen LogP contribution in [-0.2, 0) is 14.4 Å². The average molecular weight is 503 g/mol. The maximum Gasteiger partial charge on any atom is 0.306 e. The van der Waals surface area contributed by atoms with Crippen molar-refractivity contribution in [2.75, 3.05) is 24.5 Å². The number of rotatable bonds is 8. The molecule has 1 saturated heterocycles. The van der Waals surface area contributed by atoms with E-state index in [1.165, 1.54) is 30.0 Å². The number of amides is 2. The SMILES string of the molecule is CC(C)C(N)=O.CC(CC(O)C(N)CN1CC(=O)N(c2cc(F)ccc2Cl)CC1(C)C)C(=O)O. The summed E-state index contributed by atoms with van der Waals surface area (Å²) in [5.41, 5.74) is 10.7. The summed E-state index contributed by atoms with van der Waals surface area (Å²) >= 11 is 6.15. The van der Waals surface area contributed by atoms with Gasteiger partial charge in [0.1, 0.15) is 5.82 Å². The second-order valence-electron chi connectivity index (χ2n) is 9.53. The number of nitrogens with two attached hydrogens (primary N) is 2. The molecule has 0 spiro atoms. The molecule has 0 radical (unpaired) electrons. The van der Waals surface area contributed by atoms with Crippen LogP contribution >= 0.6 is 11.6 Å². The Bertz CT molecular complexity index is 883. The van der Waals surface area contributed by atoms with E-state index in [-0.39, 0.29) is 48.8 Å². The van der Waals surface area contributed by atoms with Crippen molar-refractivity contribution in [2.45, 2.75) is 58.7 Å². The number of aliphatic hydroxyl groups is 1. The van der Waals surface area contributed by atoms with Gasteiger partial charge in [-0.2, -0.15) is 0 Å². The van der Waals surface area contributed by atoms with Gasteiger partial charge in [0.25, 0.3) is 0 Å². The number of benzene rings is 1. The number of primary amides is 1. The fraction of sp³-hybridized carbons (Fsp3) is 0.609. The molecule has 2 amide bonds. The first-order valence-corrected chi connectivity index (χ1v) is 11.4. The molecule has 2 rings (SSSR count). The van der Waals surface area contributed by atoms with Crippen LogP contribution in [0.25, 0.3) is 0 Å². The van der Waals surface area contributed by atoms with E-state index in [1.807, 2.05) is 18.7 Å². The Hall–Kier alpha value is -2.27. The average Bonchev–Trinajstić information content (AvgIpc) is 2.72. The maximum absolute atomic E-state index is 13.6. The first-order chi connectivity index (χ1) is 15.6.